The van der Waals surface area contributed by atoms with E-state index in [0.29, 0.717) is 31.0 Å². The van der Waals surface area contributed by atoms with Gasteiger partial charge >= 0.3 is 0 Å². The SMILES string of the molecule is Cc1noc(C)c1CN(C)C(=O)c1ccc(S(=O)(=O)N2CC(C)OC(C)C2)cc1. The van der Waals surface area contributed by atoms with Gasteiger partial charge in [-0.05, 0) is 52.0 Å². The number of nitrogens with zero attached hydrogens (tertiary/aromatic N) is 3. The number of ether oxygens (including phenoxy) is 1. The van der Waals surface area contributed by atoms with Crippen molar-refractivity contribution in [3.63, 3.8) is 0 Å². The van der Waals surface area contributed by atoms with Gasteiger partial charge in [0.1, 0.15) is 5.76 Å². The zero-order valence-corrected chi connectivity index (χ0v) is 18.2. The third kappa shape index (κ3) is 4.52. The molecule has 0 N–H and O–H groups in total. The maximum Gasteiger partial charge on any atom is 0.253 e. The lowest BCUT2D eigenvalue weighted by Crippen LogP contribution is -2.48. The van der Waals surface area contributed by atoms with E-state index in [1.807, 2.05) is 20.8 Å². The normalized spacial score (nSPS) is 20.6. The predicted molar refractivity (Wildman–Crippen MR) is 107 cm³/mol. The van der Waals surface area contributed by atoms with Gasteiger partial charge in [-0.2, -0.15) is 4.31 Å². The first-order chi connectivity index (χ1) is 13.6. The summed E-state index contributed by atoms with van der Waals surface area (Å²) < 4.78 is 38.1. The van der Waals surface area contributed by atoms with Crippen LogP contribution in [0.25, 0.3) is 0 Å². The lowest BCUT2D eigenvalue weighted by Gasteiger charge is -2.34. The van der Waals surface area contributed by atoms with E-state index in [1.165, 1.54) is 16.4 Å². The maximum atomic E-state index is 12.9. The fourth-order valence-electron chi connectivity index (χ4n) is 3.50. The Bertz CT molecular complexity index is 955. The molecule has 2 atom stereocenters. The molecular weight excluding hydrogens is 394 g/mol. The average molecular weight is 422 g/mol. The molecule has 2 aromatic rings. The van der Waals surface area contributed by atoms with E-state index in [1.54, 1.807) is 31.0 Å². The summed E-state index contributed by atoms with van der Waals surface area (Å²) in [5, 5.41) is 3.90. The molecule has 1 fully saturated rings. The number of sulfonamides is 1. The van der Waals surface area contributed by atoms with E-state index in [2.05, 4.69) is 5.16 Å². The number of hydrogen-bond acceptors (Lipinski definition) is 6. The number of benzene rings is 1. The second kappa shape index (κ2) is 8.25. The largest absolute Gasteiger partial charge is 0.373 e. The lowest BCUT2D eigenvalue weighted by atomic mass is 10.1. The maximum absolute atomic E-state index is 12.9. The van der Waals surface area contributed by atoms with E-state index in [0.717, 1.165) is 11.3 Å². The molecule has 0 bridgehead atoms. The third-order valence-electron chi connectivity index (χ3n) is 5.05. The van der Waals surface area contributed by atoms with Gasteiger partial charge in [0.05, 0.1) is 29.3 Å². The van der Waals surface area contributed by atoms with Gasteiger partial charge in [0.15, 0.2) is 0 Å². The van der Waals surface area contributed by atoms with Gasteiger partial charge in [0.2, 0.25) is 10.0 Å². The summed E-state index contributed by atoms with van der Waals surface area (Å²) in [5.74, 6) is 0.472. The van der Waals surface area contributed by atoms with Crippen molar-refractivity contribution in [2.75, 3.05) is 20.1 Å². The Labute approximate surface area is 171 Å². The zero-order chi connectivity index (χ0) is 21.3. The van der Waals surface area contributed by atoms with Gasteiger partial charge in [0, 0.05) is 31.3 Å². The van der Waals surface area contributed by atoms with Crippen molar-refractivity contribution in [1.29, 1.82) is 0 Å². The molecule has 1 aromatic heterocycles. The highest BCUT2D eigenvalue weighted by Gasteiger charge is 2.32. The summed E-state index contributed by atoms with van der Waals surface area (Å²) in [6.45, 7) is 8.34. The summed E-state index contributed by atoms with van der Waals surface area (Å²) in [7, 11) is -1.95. The second-order valence-electron chi connectivity index (χ2n) is 7.57. The molecule has 1 aromatic carbocycles. The van der Waals surface area contributed by atoms with Crippen molar-refractivity contribution < 1.29 is 22.5 Å². The molecule has 0 spiro atoms. The molecule has 2 unspecified atom stereocenters. The van der Waals surface area contributed by atoms with E-state index in [9.17, 15) is 13.2 Å². The molecule has 0 saturated carbocycles. The molecule has 0 aliphatic carbocycles. The molecule has 2 heterocycles. The first-order valence-electron chi connectivity index (χ1n) is 9.52. The van der Waals surface area contributed by atoms with Crippen LogP contribution in [0.2, 0.25) is 0 Å². The highest BCUT2D eigenvalue weighted by molar-refractivity contribution is 7.89. The Hall–Kier alpha value is -2.23. The number of hydrogen-bond donors (Lipinski definition) is 0. The number of carbonyl (C=O) groups is 1. The standard InChI is InChI=1S/C20H27N3O5S/c1-13-10-23(11-14(2)27-13)29(25,26)18-8-6-17(7-9-18)20(24)22(5)12-19-15(3)21-28-16(19)4/h6-9,13-14H,10-12H2,1-5H3. The number of aryl methyl sites for hydroxylation is 2. The van der Waals surface area contributed by atoms with E-state index >= 15 is 0 Å². The van der Waals surface area contributed by atoms with E-state index in [4.69, 9.17) is 9.26 Å². The third-order valence-corrected chi connectivity index (χ3v) is 6.89. The van der Waals surface area contributed by atoms with Gasteiger partial charge in [0.25, 0.3) is 5.91 Å². The van der Waals surface area contributed by atoms with Crippen LogP contribution < -0.4 is 0 Å². The Kier molecular flexibility index (Phi) is 6.11. The van der Waals surface area contributed by atoms with Crippen LogP contribution in [0.3, 0.4) is 0 Å². The summed E-state index contributed by atoms with van der Waals surface area (Å²) in [6.07, 6.45) is -0.320. The van der Waals surface area contributed by atoms with Crippen LogP contribution in [0, 0.1) is 13.8 Å². The van der Waals surface area contributed by atoms with Crippen LogP contribution >= 0.6 is 0 Å². The summed E-state index contributed by atoms with van der Waals surface area (Å²) in [4.78, 5) is 14.5. The molecule has 1 saturated heterocycles. The molecule has 3 rings (SSSR count). The van der Waals surface area contributed by atoms with Crippen molar-refractivity contribution in [2.45, 2.75) is 51.3 Å². The summed E-state index contributed by atoms with van der Waals surface area (Å²) >= 11 is 0. The summed E-state index contributed by atoms with van der Waals surface area (Å²) in [5.41, 5.74) is 2.04. The molecule has 0 radical (unpaired) electrons. The smallest absolute Gasteiger partial charge is 0.253 e. The van der Waals surface area contributed by atoms with Gasteiger partial charge < -0.3 is 14.2 Å². The number of carbonyl (C=O) groups excluding carboxylic acids is 1. The average Bonchev–Trinajstić information content (AvgIpc) is 2.98. The highest BCUT2D eigenvalue weighted by atomic mass is 32.2. The molecular formula is C20H27N3O5S. The number of amides is 1. The Morgan fingerprint density at radius 3 is 2.28 bits per heavy atom. The second-order valence-corrected chi connectivity index (χ2v) is 9.51. The van der Waals surface area contributed by atoms with E-state index in [-0.39, 0.29) is 23.0 Å². The van der Waals surface area contributed by atoms with Crippen molar-refractivity contribution in [3.8, 4) is 0 Å². The quantitative estimate of drug-likeness (QED) is 0.736. The van der Waals surface area contributed by atoms with Gasteiger partial charge in [-0.3, -0.25) is 4.79 Å². The molecule has 29 heavy (non-hydrogen) atoms. The van der Waals surface area contributed by atoms with Crippen LogP contribution in [-0.4, -0.2) is 61.0 Å². The van der Waals surface area contributed by atoms with Gasteiger partial charge in [-0.15, -0.1) is 0 Å². The van der Waals surface area contributed by atoms with E-state index < -0.39 is 10.0 Å². The van der Waals surface area contributed by atoms with Crippen molar-refractivity contribution >= 4 is 15.9 Å². The van der Waals surface area contributed by atoms with Crippen LogP contribution in [0.4, 0.5) is 0 Å². The fraction of sp³-hybridized carbons (Fsp3) is 0.500. The fourth-order valence-corrected chi connectivity index (χ4v) is 5.09. The number of morpholine rings is 1. The van der Waals surface area contributed by atoms with Gasteiger partial charge in [-0.25, -0.2) is 8.42 Å². The van der Waals surface area contributed by atoms with Crippen LogP contribution in [-0.2, 0) is 21.3 Å². The number of aromatic nitrogens is 1. The molecule has 158 valence electrons. The van der Waals surface area contributed by atoms with Gasteiger partial charge in [-0.1, -0.05) is 5.16 Å². The minimum absolute atomic E-state index is 0.160. The topological polar surface area (TPSA) is 93.0 Å². The van der Waals surface area contributed by atoms with Crippen LogP contribution in [0.1, 0.15) is 41.2 Å². The predicted octanol–water partition coefficient (Wildman–Crippen LogP) is 2.36. The first-order valence-corrected chi connectivity index (χ1v) is 11.0. The van der Waals surface area contributed by atoms with Crippen molar-refractivity contribution in [2.24, 2.45) is 0 Å². The molecule has 1 aliphatic rings. The molecule has 1 aliphatic heterocycles. The molecule has 9 heteroatoms. The van der Waals surface area contributed by atoms with Crippen LogP contribution in [0.15, 0.2) is 33.7 Å². The summed E-state index contributed by atoms with van der Waals surface area (Å²) in [6, 6.07) is 6.06. The minimum atomic E-state index is -3.64. The Balaban J connectivity index is 1.74. The van der Waals surface area contributed by atoms with Crippen molar-refractivity contribution in [3.05, 3.63) is 46.8 Å². The Morgan fingerprint density at radius 2 is 1.76 bits per heavy atom. The monoisotopic (exact) mass is 421 g/mol. The Morgan fingerprint density at radius 1 is 1.17 bits per heavy atom. The lowest BCUT2D eigenvalue weighted by molar-refractivity contribution is -0.0440. The first kappa shape index (κ1) is 21.5. The highest BCUT2D eigenvalue weighted by Crippen LogP contribution is 2.22. The zero-order valence-electron chi connectivity index (χ0n) is 17.4. The van der Waals surface area contributed by atoms with Crippen molar-refractivity contribution in [1.82, 2.24) is 14.4 Å². The molecule has 8 nitrogen and oxygen atoms in total. The van der Waals surface area contributed by atoms with Crippen LogP contribution in [0.5, 0.6) is 0 Å². The number of rotatable bonds is 5. The molecule has 1 amide bonds. The minimum Gasteiger partial charge on any atom is -0.373 e.